The van der Waals surface area contributed by atoms with E-state index in [1.165, 1.54) is 11.1 Å². The summed E-state index contributed by atoms with van der Waals surface area (Å²) >= 11 is 1.73. The van der Waals surface area contributed by atoms with Crippen LogP contribution in [0.15, 0.2) is 47.8 Å². The minimum Gasteiger partial charge on any atom is -0.454 e. The van der Waals surface area contributed by atoms with Crippen LogP contribution in [0.1, 0.15) is 11.1 Å². The predicted octanol–water partition coefficient (Wildman–Crippen LogP) is 3.96. The van der Waals surface area contributed by atoms with Crippen molar-refractivity contribution in [2.24, 2.45) is 0 Å². The van der Waals surface area contributed by atoms with Crippen molar-refractivity contribution in [1.29, 1.82) is 0 Å². The van der Waals surface area contributed by atoms with Crippen molar-refractivity contribution in [3.63, 3.8) is 0 Å². The Morgan fingerprint density at radius 3 is 2.86 bits per heavy atom. The van der Waals surface area contributed by atoms with Crippen LogP contribution in [0.4, 0.5) is 0 Å². The van der Waals surface area contributed by atoms with Crippen LogP contribution in [0.5, 0.6) is 11.5 Å². The van der Waals surface area contributed by atoms with Crippen molar-refractivity contribution < 1.29 is 9.47 Å². The van der Waals surface area contributed by atoms with Crippen LogP contribution in [0.3, 0.4) is 0 Å². The maximum Gasteiger partial charge on any atom is 0.231 e. The van der Waals surface area contributed by atoms with Gasteiger partial charge in [-0.3, -0.25) is 4.98 Å². The molecule has 4 rings (SSSR count). The van der Waals surface area contributed by atoms with Gasteiger partial charge in [-0.25, -0.2) is 4.98 Å². The van der Waals surface area contributed by atoms with E-state index < -0.39 is 0 Å². The van der Waals surface area contributed by atoms with Gasteiger partial charge >= 0.3 is 0 Å². The van der Waals surface area contributed by atoms with Crippen molar-refractivity contribution in [2.45, 2.75) is 17.7 Å². The summed E-state index contributed by atoms with van der Waals surface area (Å²) in [5.41, 5.74) is 3.29. The van der Waals surface area contributed by atoms with Gasteiger partial charge in [0, 0.05) is 29.6 Å². The van der Waals surface area contributed by atoms with E-state index >= 15 is 0 Å². The number of benzene rings is 1. The molecular weight excluding hydrogens is 296 g/mol. The monoisotopic (exact) mass is 310 g/mol. The van der Waals surface area contributed by atoms with Crippen molar-refractivity contribution in [1.82, 2.24) is 9.97 Å². The zero-order chi connectivity index (χ0) is 14.9. The maximum atomic E-state index is 5.43. The van der Waals surface area contributed by atoms with E-state index in [0.29, 0.717) is 0 Å². The molecular formula is C17H14N2O2S. The number of rotatable bonds is 3. The van der Waals surface area contributed by atoms with Gasteiger partial charge < -0.3 is 9.47 Å². The molecule has 3 heterocycles. The number of hydrogen-bond acceptors (Lipinski definition) is 5. The standard InChI is InChI=1S/C17H14N2O2S/c1-11-5-13-6-15-16(21-10-20-15)7-14(13)19-17(11)22-9-12-3-2-4-18-8-12/h2-8H,9-10H2,1H3. The lowest BCUT2D eigenvalue weighted by Gasteiger charge is -2.08. The first kappa shape index (κ1) is 13.4. The van der Waals surface area contributed by atoms with Gasteiger partial charge in [-0.2, -0.15) is 0 Å². The molecule has 5 heteroatoms. The van der Waals surface area contributed by atoms with E-state index in [1.807, 2.05) is 24.4 Å². The molecule has 0 amide bonds. The molecule has 110 valence electrons. The summed E-state index contributed by atoms with van der Waals surface area (Å²) in [6.45, 7) is 2.37. The van der Waals surface area contributed by atoms with E-state index in [4.69, 9.17) is 14.5 Å². The Morgan fingerprint density at radius 2 is 2.05 bits per heavy atom. The first-order valence-electron chi connectivity index (χ1n) is 7.02. The van der Waals surface area contributed by atoms with E-state index in [2.05, 4.69) is 24.0 Å². The number of pyridine rings is 2. The second kappa shape index (κ2) is 5.50. The molecule has 0 fully saturated rings. The zero-order valence-electron chi connectivity index (χ0n) is 12.1. The van der Waals surface area contributed by atoms with Crippen LogP contribution in [0.2, 0.25) is 0 Å². The summed E-state index contributed by atoms with van der Waals surface area (Å²) in [5, 5.41) is 2.11. The highest BCUT2D eigenvalue weighted by atomic mass is 32.2. The molecule has 0 unspecified atom stereocenters. The molecule has 1 aliphatic heterocycles. The molecule has 2 aromatic heterocycles. The van der Waals surface area contributed by atoms with Gasteiger partial charge in [-0.15, -0.1) is 11.8 Å². The van der Waals surface area contributed by atoms with Crippen LogP contribution in [-0.4, -0.2) is 16.8 Å². The maximum absolute atomic E-state index is 5.43. The second-order valence-electron chi connectivity index (χ2n) is 5.16. The van der Waals surface area contributed by atoms with Crippen LogP contribution in [0.25, 0.3) is 10.9 Å². The SMILES string of the molecule is Cc1cc2cc3c(cc2nc1SCc1cccnc1)OCO3. The Morgan fingerprint density at radius 1 is 1.18 bits per heavy atom. The van der Waals surface area contributed by atoms with Gasteiger partial charge in [0.2, 0.25) is 6.79 Å². The summed E-state index contributed by atoms with van der Waals surface area (Å²) < 4.78 is 10.8. The number of fused-ring (bicyclic) bond motifs is 2. The van der Waals surface area contributed by atoms with Crippen LogP contribution in [0, 0.1) is 6.92 Å². The minimum atomic E-state index is 0.285. The summed E-state index contributed by atoms with van der Waals surface area (Å²) in [7, 11) is 0. The minimum absolute atomic E-state index is 0.285. The fraction of sp³-hybridized carbons (Fsp3) is 0.176. The highest BCUT2D eigenvalue weighted by Gasteiger charge is 2.15. The molecule has 3 aromatic rings. The third-order valence-electron chi connectivity index (χ3n) is 3.55. The molecule has 1 aliphatic rings. The molecule has 4 nitrogen and oxygen atoms in total. The average Bonchev–Trinajstić information content (AvgIpc) is 2.99. The van der Waals surface area contributed by atoms with Crippen molar-refractivity contribution in [3.8, 4) is 11.5 Å². The predicted molar refractivity (Wildman–Crippen MR) is 86.4 cm³/mol. The lowest BCUT2D eigenvalue weighted by Crippen LogP contribution is -1.92. The third kappa shape index (κ3) is 2.48. The van der Waals surface area contributed by atoms with Gasteiger partial charge in [0.25, 0.3) is 0 Å². The molecule has 0 bridgehead atoms. The molecule has 22 heavy (non-hydrogen) atoms. The Bertz CT molecular complexity index is 837. The number of thioether (sulfide) groups is 1. The summed E-state index contributed by atoms with van der Waals surface area (Å²) in [5.74, 6) is 2.43. The first-order valence-corrected chi connectivity index (χ1v) is 8.01. The summed E-state index contributed by atoms with van der Waals surface area (Å²) in [4.78, 5) is 8.92. The third-order valence-corrected chi connectivity index (χ3v) is 4.72. The smallest absolute Gasteiger partial charge is 0.231 e. The summed E-state index contributed by atoms with van der Waals surface area (Å²) in [6.07, 6.45) is 3.68. The number of ether oxygens (including phenoxy) is 2. The normalized spacial score (nSPS) is 12.8. The van der Waals surface area contributed by atoms with Crippen molar-refractivity contribution in [2.75, 3.05) is 6.79 Å². The molecule has 0 spiro atoms. The average molecular weight is 310 g/mol. The Kier molecular flexibility index (Phi) is 3.35. The van der Waals surface area contributed by atoms with Crippen LogP contribution < -0.4 is 9.47 Å². The fourth-order valence-corrected chi connectivity index (χ4v) is 3.36. The first-order chi connectivity index (χ1) is 10.8. The lowest BCUT2D eigenvalue weighted by atomic mass is 10.1. The highest BCUT2D eigenvalue weighted by molar-refractivity contribution is 7.98. The van der Waals surface area contributed by atoms with Gasteiger partial charge in [0.05, 0.1) is 10.5 Å². The Balaban J connectivity index is 1.66. The highest BCUT2D eigenvalue weighted by Crippen LogP contribution is 2.37. The number of nitrogens with zero attached hydrogens (tertiary/aromatic N) is 2. The second-order valence-corrected chi connectivity index (χ2v) is 6.12. The van der Waals surface area contributed by atoms with Crippen LogP contribution >= 0.6 is 11.8 Å². The fourth-order valence-electron chi connectivity index (χ4n) is 2.43. The zero-order valence-corrected chi connectivity index (χ0v) is 12.9. The molecule has 0 saturated carbocycles. The lowest BCUT2D eigenvalue weighted by molar-refractivity contribution is 0.174. The molecule has 0 aliphatic carbocycles. The van der Waals surface area contributed by atoms with Gasteiger partial charge in [0.1, 0.15) is 0 Å². The van der Waals surface area contributed by atoms with E-state index in [9.17, 15) is 0 Å². The van der Waals surface area contributed by atoms with Crippen molar-refractivity contribution in [3.05, 3.63) is 53.9 Å². The Hall–Kier alpha value is -2.27. The largest absolute Gasteiger partial charge is 0.454 e. The molecule has 0 radical (unpaired) electrons. The number of aromatic nitrogens is 2. The van der Waals surface area contributed by atoms with E-state index in [1.54, 1.807) is 18.0 Å². The quantitative estimate of drug-likeness (QED) is 0.685. The van der Waals surface area contributed by atoms with Gasteiger partial charge in [-0.1, -0.05) is 6.07 Å². The van der Waals surface area contributed by atoms with Crippen molar-refractivity contribution >= 4 is 22.7 Å². The van der Waals surface area contributed by atoms with Crippen LogP contribution in [-0.2, 0) is 5.75 Å². The van der Waals surface area contributed by atoms with Gasteiger partial charge in [0.15, 0.2) is 11.5 Å². The summed E-state index contributed by atoms with van der Waals surface area (Å²) in [6, 6.07) is 10.1. The van der Waals surface area contributed by atoms with E-state index in [0.717, 1.165) is 33.2 Å². The number of hydrogen-bond donors (Lipinski definition) is 0. The molecule has 0 atom stereocenters. The Labute approximate surface area is 132 Å². The topological polar surface area (TPSA) is 44.2 Å². The molecule has 1 aromatic carbocycles. The van der Waals surface area contributed by atoms with Gasteiger partial charge in [-0.05, 0) is 36.2 Å². The number of aryl methyl sites for hydroxylation is 1. The molecule has 0 saturated heterocycles. The van der Waals surface area contributed by atoms with E-state index in [-0.39, 0.29) is 6.79 Å². The molecule has 0 N–H and O–H groups in total.